The number of carbonyl (C=O) groups excluding carboxylic acids is 1. The minimum absolute atomic E-state index is 0.0296. The molecule has 134 valence electrons. The van der Waals surface area contributed by atoms with Crippen LogP contribution >= 0.6 is 0 Å². The fourth-order valence-electron chi connectivity index (χ4n) is 3.24. The van der Waals surface area contributed by atoms with Crippen LogP contribution < -0.4 is 10.6 Å². The third-order valence-electron chi connectivity index (χ3n) is 4.67. The number of benzene rings is 1. The van der Waals surface area contributed by atoms with Crippen LogP contribution in [-0.2, 0) is 24.2 Å². The molecule has 2 heterocycles. The molecule has 6 heteroatoms. The first-order valence-electron chi connectivity index (χ1n) is 9.28. The molecule has 0 bridgehead atoms. The van der Waals surface area contributed by atoms with E-state index in [1.807, 2.05) is 37.3 Å². The molecular weight excluding hydrogens is 314 g/mol. The van der Waals surface area contributed by atoms with E-state index in [2.05, 4.69) is 25.4 Å². The summed E-state index contributed by atoms with van der Waals surface area (Å²) in [5, 5.41) is 14.9. The number of rotatable bonds is 7. The van der Waals surface area contributed by atoms with Crippen molar-refractivity contribution in [3.63, 3.8) is 0 Å². The monoisotopic (exact) mass is 341 g/mol. The lowest BCUT2D eigenvalue weighted by molar-refractivity contribution is -0.121. The molecule has 0 unspecified atom stereocenters. The Morgan fingerprint density at radius 1 is 1.20 bits per heavy atom. The van der Waals surface area contributed by atoms with E-state index in [1.165, 1.54) is 19.3 Å². The number of aromatic nitrogens is 3. The summed E-state index contributed by atoms with van der Waals surface area (Å²) in [5.41, 5.74) is 0.965. The first-order valence-corrected chi connectivity index (χ1v) is 9.28. The summed E-state index contributed by atoms with van der Waals surface area (Å²) in [4.78, 5) is 12.4. The van der Waals surface area contributed by atoms with E-state index in [0.717, 1.165) is 43.1 Å². The largest absolute Gasteiger partial charge is 0.374 e. The number of hydrogen-bond donors (Lipinski definition) is 2. The number of para-hydroxylation sites is 1. The fraction of sp³-hybridized carbons (Fsp3) is 0.526. The molecule has 1 aliphatic heterocycles. The summed E-state index contributed by atoms with van der Waals surface area (Å²) in [5.74, 6) is 2.11. The molecule has 0 spiro atoms. The second kappa shape index (κ2) is 8.65. The molecular formula is C19H27N5O. The van der Waals surface area contributed by atoms with E-state index in [-0.39, 0.29) is 11.9 Å². The van der Waals surface area contributed by atoms with Crippen LogP contribution in [0.1, 0.15) is 44.3 Å². The number of nitrogens with one attached hydrogen (secondary N) is 2. The number of hydrogen-bond acceptors (Lipinski definition) is 4. The van der Waals surface area contributed by atoms with E-state index >= 15 is 0 Å². The zero-order chi connectivity index (χ0) is 17.5. The van der Waals surface area contributed by atoms with Crippen molar-refractivity contribution in [1.82, 2.24) is 20.1 Å². The van der Waals surface area contributed by atoms with Crippen LogP contribution in [-0.4, -0.2) is 33.3 Å². The van der Waals surface area contributed by atoms with Gasteiger partial charge < -0.3 is 15.2 Å². The zero-order valence-electron chi connectivity index (χ0n) is 14.9. The average Bonchev–Trinajstić information content (AvgIpc) is 2.87. The lowest BCUT2D eigenvalue weighted by Gasteiger charge is -2.18. The summed E-state index contributed by atoms with van der Waals surface area (Å²) in [6.45, 7) is 3.60. The van der Waals surface area contributed by atoms with Crippen LogP contribution in [0.2, 0.25) is 0 Å². The Morgan fingerprint density at radius 2 is 2.04 bits per heavy atom. The van der Waals surface area contributed by atoms with Gasteiger partial charge in [-0.15, -0.1) is 10.2 Å². The molecule has 1 amide bonds. The van der Waals surface area contributed by atoms with E-state index in [1.54, 1.807) is 0 Å². The van der Waals surface area contributed by atoms with Crippen molar-refractivity contribution in [3.8, 4) is 0 Å². The van der Waals surface area contributed by atoms with E-state index in [0.29, 0.717) is 6.54 Å². The fourth-order valence-corrected chi connectivity index (χ4v) is 3.24. The number of fused-ring (bicyclic) bond motifs is 1. The second-order valence-corrected chi connectivity index (χ2v) is 6.51. The van der Waals surface area contributed by atoms with Crippen molar-refractivity contribution in [2.24, 2.45) is 0 Å². The van der Waals surface area contributed by atoms with Gasteiger partial charge in [-0.05, 0) is 31.4 Å². The minimum atomic E-state index is -0.224. The van der Waals surface area contributed by atoms with Crippen molar-refractivity contribution in [3.05, 3.63) is 42.0 Å². The van der Waals surface area contributed by atoms with Crippen molar-refractivity contribution >= 4 is 11.6 Å². The summed E-state index contributed by atoms with van der Waals surface area (Å²) in [7, 11) is 0. The topological polar surface area (TPSA) is 71.8 Å². The van der Waals surface area contributed by atoms with Gasteiger partial charge in [-0.2, -0.15) is 0 Å². The van der Waals surface area contributed by atoms with Gasteiger partial charge in [-0.3, -0.25) is 4.79 Å². The van der Waals surface area contributed by atoms with Gasteiger partial charge in [0.05, 0.1) is 0 Å². The Morgan fingerprint density at radius 3 is 2.84 bits per heavy atom. The lowest BCUT2D eigenvalue weighted by Crippen LogP contribution is -2.40. The van der Waals surface area contributed by atoms with E-state index in [4.69, 9.17) is 0 Å². The molecule has 6 nitrogen and oxygen atoms in total. The number of nitrogens with zero attached hydrogens (tertiary/aromatic N) is 3. The minimum Gasteiger partial charge on any atom is -0.374 e. The van der Waals surface area contributed by atoms with Crippen LogP contribution in [0.4, 0.5) is 5.69 Å². The van der Waals surface area contributed by atoms with Gasteiger partial charge in [0.15, 0.2) is 0 Å². The van der Waals surface area contributed by atoms with Crippen LogP contribution in [0.3, 0.4) is 0 Å². The predicted molar refractivity (Wildman–Crippen MR) is 98.4 cm³/mol. The van der Waals surface area contributed by atoms with Gasteiger partial charge in [0.1, 0.15) is 17.7 Å². The Labute approximate surface area is 149 Å². The average molecular weight is 341 g/mol. The molecule has 0 saturated carbocycles. The molecule has 1 aromatic heterocycles. The molecule has 0 saturated heterocycles. The van der Waals surface area contributed by atoms with Crippen molar-refractivity contribution < 1.29 is 4.79 Å². The predicted octanol–water partition coefficient (Wildman–Crippen LogP) is 2.55. The van der Waals surface area contributed by atoms with Crippen LogP contribution in [0.15, 0.2) is 30.3 Å². The maximum atomic E-state index is 12.4. The number of carbonyl (C=O) groups is 1. The van der Waals surface area contributed by atoms with Crippen LogP contribution in [0.5, 0.6) is 0 Å². The highest BCUT2D eigenvalue weighted by Gasteiger charge is 2.17. The molecule has 0 aliphatic carbocycles. The second-order valence-electron chi connectivity index (χ2n) is 6.51. The zero-order valence-corrected chi connectivity index (χ0v) is 14.9. The smallest absolute Gasteiger partial charge is 0.242 e. The normalized spacial score (nSPS) is 15.1. The Balaban J connectivity index is 1.51. The summed E-state index contributed by atoms with van der Waals surface area (Å²) in [6.07, 6.45) is 6.10. The van der Waals surface area contributed by atoms with Gasteiger partial charge >= 0.3 is 0 Å². The maximum Gasteiger partial charge on any atom is 0.242 e. The molecule has 3 rings (SSSR count). The van der Waals surface area contributed by atoms with E-state index in [9.17, 15) is 4.79 Å². The maximum absolute atomic E-state index is 12.4. The summed E-state index contributed by atoms with van der Waals surface area (Å²) < 4.78 is 2.23. The highest BCUT2D eigenvalue weighted by atomic mass is 16.2. The third-order valence-corrected chi connectivity index (χ3v) is 4.67. The SMILES string of the molecule is CC[C@H](Nc1ccccc1)C(=O)NCCc1nnc2n1CCCCC2. The summed E-state index contributed by atoms with van der Waals surface area (Å²) >= 11 is 0. The molecule has 1 aromatic carbocycles. The molecule has 1 atom stereocenters. The Bertz CT molecular complexity index is 682. The van der Waals surface area contributed by atoms with Crippen molar-refractivity contribution in [2.75, 3.05) is 11.9 Å². The molecule has 25 heavy (non-hydrogen) atoms. The van der Waals surface area contributed by atoms with Crippen LogP contribution in [0, 0.1) is 0 Å². The molecule has 2 N–H and O–H groups in total. The van der Waals surface area contributed by atoms with Gasteiger partial charge in [0.25, 0.3) is 0 Å². The number of amides is 1. The van der Waals surface area contributed by atoms with Gasteiger partial charge in [0.2, 0.25) is 5.91 Å². The third kappa shape index (κ3) is 4.59. The summed E-state index contributed by atoms with van der Waals surface area (Å²) in [6, 6.07) is 9.61. The van der Waals surface area contributed by atoms with E-state index < -0.39 is 0 Å². The standard InChI is InChI=1S/C19H27N5O/c1-2-16(21-15-9-5-3-6-10-15)19(25)20-13-12-18-23-22-17-11-7-4-8-14-24(17)18/h3,5-6,9-10,16,21H,2,4,7-8,11-14H2,1H3,(H,20,25)/t16-/m0/s1. The van der Waals surface area contributed by atoms with Gasteiger partial charge in [0, 0.05) is 31.6 Å². The Kier molecular flexibility index (Phi) is 6.04. The number of aryl methyl sites for hydroxylation is 1. The lowest BCUT2D eigenvalue weighted by atomic mass is 10.2. The first-order chi connectivity index (χ1) is 12.3. The van der Waals surface area contributed by atoms with Crippen molar-refractivity contribution in [1.29, 1.82) is 0 Å². The first kappa shape index (κ1) is 17.5. The molecule has 0 fully saturated rings. The Hall–Kier alpha value is -2.37. The highest BCUT2D eigenvalue weighted by Crippen LogP contribution is 2.14. The van der Waals surface area contributed by atoms with Gasteiger partial charge in [-0.1, -0.05) is 31.5 Å². The number of anilines is 1. The quantitative estimate of drug-likeness (QED) is 0.812. The highest BCUT2D eigenvalue weighted by molar-refractivity contribution is 5.84. The molecule has 2 aromatic rings. The van der Waals surface area contributed by atoms with Crippen LogP contribution in [0.25, 0.3) is 0 Å². The molecule has 1 aliphatic rings. The molecule has 0 radical (unpaired) electrons. The van der Waals surface area contributed by atoms with Gasteiger partial charge in [-0.25, -0.2) is 0 Å². The van der Waals surface area contributed by atoms with Crippen molar-refractivity contribution in [2.45, 2.75) is 58.0 Å².